The highest BCUT2D eigenvalue weighted by Gasteiger charge is 2.54. The van der Waals surface area contributed by atoms with Crippen LogP contribution in [0.15, 0.2) is 0 Å². The fourth-order valence-corrected chi connectivity index (χ4v) is 2.08. The largest absolute Gasteiger partial charge is 0.468 e. The van der Waals surface area contributed by atoms with Crippen LogP contribution in [0.1, 0.15) is 0 Å². The molecule has 0 saturated carbocycles. The Hall–Kier alpha value is -0.610. The fraction of sp³-hybridized carbons (Fsp3) is 0.875. The standard InChI is InChI=1S/C8H13NO3/c1-11-7(10)8-4-9-2-6(8)3-12-5-8/h6,9H,2-5H2,1H3/t6?,8-/m0/s1. The van der Waals surface area contributed by atoms with Gasteiger partial charge in [-0.05, 0) is 0 Å². The van der Waals surface area contributed by atoms with Crippen LogP contribution in [0.25, 0.3) is 0 Å². The molecule has 0 aromatic carbocycles. The maximum absolute atomic E-state index is 11.5. The maximum Gasteiger partial charge on any atom is 0.315 e. The van der Waals surface area contributed by atoms with E-state index in [0.717, 1.165) is 6.54 Å². The van der Waals surface area contributed by atoms with Gasteiger partial charge in [0, 0.05) is 19.0 Å². The van der Waals surface area contributed by atoms with Gasteiger partial charge in [-0.3, -0.25) is 4.79 Å². The summed E-state index contributed by atoms with van der Waals surface area (Å²) in [5, 5.41) is 3.20. The summed E-state index contributed by atoms with van der Waals surface area (Å²) in [6.45, 7) is 2.76. The molecule has 12 heavy (non-hydrogen) atoms. The van der Waals surface area contributed by atoms with E-state index < -0.39 is 0 Å². The summed E-state index contributed by atoms with van der Waals surface area (Å²) >= 11 is 0. The minimum Gasteiger partial charge on any atom is -0.468 e. The lowest BCUT2D eigenvalue weighted by Crippen LogP contribution is -2.39. The zero-order valence-corrected chi connectivity index (χ0v) is 7.13. The number of nitrogens with one attached hydrogen (secondary N) is 1. The summed E-state index contributed by atoms with van der Waals surface area (Å²) in [5.74, 6) is 0.181. The van der Waals surface area contributed by atoms with Gasteiger partial charge in [0.1, 0.15) is 5.41 Å². The molecule has 1 unspecified atom stereocenters. The van der Waals surface area contributed by atoms with Gasteiger partial charge in [-0.15, -0.1) is 0 Å². The van der Waals surface area contributed by atoms with Crippen molar-refractivity contribution in [2.24, 2.45) is 11.3 Å². The zero-order chi connectivity index (χ0) is 8.60. The molecule has 0 aromatic rings. The third-order valence-corrected chi connectivity index (χ3v) is 2.88. The first kappa shape index (κ1) is 8.01. The van der Waals surface area contributed by atoms with Gasteiger partial charge in [-0.2, -0.15) is 0 Å². The molecule has 2 saturated heterocycles. The molecule has 4 nitrogen and oxygen atoms in total. The SMILES string of the molecule is COC(=O)[C@]12CNCC1COC2. The molecule has 0 bridgehead atoms. The van der Waals surface area contributed by atoms with Gasteiger partial charge in [0.15, 0.2) is 0 Å². The van der Waals surface area contributed by atoms with Crippen molar-refractivity contribution >= 4 is 5.97 Å². The van der Waals surface area contributed by atoms with E-state index >= 15 is 0 Å². The van der Waals surface area contributed by atoms with Gasteiger partial charge in [0.25, 0.3) is 0 Å². The molecule has 0 amide bonds. The Balaban J connectivity index is 2.21. The third kappa shape index (κ3) is 0.881. The number of ether oxygens (including phenoxy) is 2. The molecule has 2 fully saturated rings. The summed E-state index contributed by atoms with van der Waals surface area (Å²) in [4.78, 5) is 11.5. The molecule has 0 aromatic heterocycles. The first-order valence-electron chi connectivity index (χ1n) is 4.16. The van der Waals surface area contributed by atoms with E-state index in [9.17, 15) is 4.79 Å². The van der Waals surface area contributed by atoms with Crippen LogP contribution in [0, 0.1) is 11.3 Å². The number of esters is 1. The topological polar surface area (TPSA) is 47.6 Å². The second-order valence-electron chi connectivity index (χ2n) is 3.49. The van der Waals surface area contributed by atoms with Crippen molar-refractivity contribution in [3.63, 3.8) is 0 Å². The lowest BCUT2D eigenvalue weighted by molar-refractivity contribution is -0.152. The normalized spacial score (nSPS) is 39.6. The summed E-state index contributed by atoms with van der Waals surface area (Å²) in [5.41, 5.74) is -0.380. The van der Waals surface area contributed by atoms with Crippen molar-refractivity contribution in [1.82, 2.24) is 5.32 Å². The fourth-order valence-electron chi connectivity index (χ4n) is 2.08. The van der Waals surface area contributed by atoms with Crippen LogP contribution in [0.4, 0.5) is 0 Å². The first-order valence-corrected chi connectivity index (χ1v) is 4.16. The Morgan fingerprint density at radius 2 is 2.58 bits per heavy atom. The van der Waals surface area contributed by atoms with Crippen molar-refractivity contribution in [1.29, 1.82) is 0 Å². The molecule has 0 spiro atoms. The second-order valence-corrected chi connectivity index (χ2v) is 3.49. The average Bonchev–Trinajstić information content (AvgIpc) is 2.60. The van der Waals surface area contributed by atoms with Crippen molar-refractivity contribution in [2.75, 3.05) is 33.4 Å². The Kier molecular flexibility index (Phi) is 1.81. The van der Waals surface area contributed by atoms with E-state index in [2.05, 4.69) is 5.32 Å². The van der Waals surface area contributed by atoms with Gasteiger partial charge in [-0.25, -0.2) is 0 Å². The molecule has 2 aliphatic rings. The number of carbonyl (C=O) groups excluding carboxylic acids is 1. The molecule has 4 heteroatoms. The number of hydrogen-bond acceptors (Lipinski definition) is 4. The molecule has 1 N–H and O–H groups in total. The van der Waals surface area contributed by atoms with Crippen molar-refractivity contribution in [3.05, 3.63) is 0 Å². The molecular formula is C8H13NO3. The van der Waals surface area contributed by atoms with Crippen LogP contribution >= 0.6 is 0 Å². The predicted molar refractivity (Wildman–Crippen MR) is 41.6 cm³/mol. The zero-order valence-electron chi connectivity index (χ0n) is 7.13. The molecule has 2 rings (SSSR count). The Morgan fingerprint density at radius 1 is 1.75 bits per heavy atom. The lowest BCUT2D eigenvalue weighted by atomic mass is 9.81. The first-order chi connectivity index (χ1) is 5.79. The highest BCUT2D eigenvalue weighted by molar-refractivity contribution is 5.78. The molecule has 0 radical (unpaired) electrons. The van der Waals surface area contributed by atoms with Crippen molar-refractivity contribution < 1.29 is 14.3 Å². The Labute approximate surface area is 71.2 Å². The van der Waals surface area contributed by atoms with E-state index in [0.29, 0.717) is 25.7 Å². The molecule has 2 heterocycles. The molecule has 68 valence electrons. The quantitative estimate of drug-likeness (QED) is 0.535. The van der Waals surface area contributed by atoms with Crippen LogP contribution in [0.2, 0.25) is 0 Å². The van der Waals surface area contributed by atoms with Crippen LogP contribution in [-0.4, -0.2) is 39.4 Å². The van der Waals surface area contributed by atoms with Crippen molar-refractivity contribution in [2.45, 2.75) is 0 Å². The van der Waals surface area contributed by atoms with Gasteiger partial charge >= 0.3 is 5.97 Å². The lowest BCUT2D eigenvalue weighted by Gasteiger charge is -2.22. The van der Waals surface area contributed by atoms with Crippen molar-refractivity contribution in [3.8, 4) is 0 Å². The van der Waals surface area contributed by atoms with E-state index in [1.165, 1.54) is 7.11 Å². The highest BCUT2D eigenvalue weighted by Crippen LogP contribution is 2.38. The van der Waals surface area contributed by atoms with E-state index in [1.54, 1.807) is 0 Å². The second kappa shape index (κ2) is 2.71. The third-order valence-electron chi connectivity index (χ3n) is 2.88. The smallest absolute Gasteiger partial charge is 0.315 e. The number of carbonyl (C=O) groups is 1. The average molecular weight is 171 g/mol. The molecule has 0 aliphatic carbocycles. The number of methoxy groups -OCH3 is 1. The maximum atomic E-state index is 11.5. The molecule has 2 atom stereocenters. The van der Waals surface area contributed by atoms with Gasteiger partial charge in [-0.1, -0.05) is 0 Å². The number of fused-ring (bicyclic) bond motifs is 1. The van der Waals surface area contributed by atoms with E-state index in [1.807, 2.05) is 0 Å². The van der Waals surface area contributed by atoms with Gasteiger partial charge in [0.2, 0.25) is 0 Å². The minimum atomic E-state index is -0.380. The van der Waals surface area contributed by atoms with E-state index in [-0.39, 0.29) is 11.4 Å². The summed E-state index contributed by atoms with van der Waals surface area (Å²) in [7, 11) is 1.44. The van der Waals surface area contributed by atoms with Crippen LogP contribution < -0.4 is 5.32 Å². The number of hydrogen-bond donors (Lipinski definition) is 1. The van der Waals surface area contributed by atoms with Crippen LogP contribution in [0.5, 0.6) is 0 Å². The van der Waals surface area contributed by atoms with Gasteiger partial charge < -0.3 is 14.8 Å². The molecular weight excluding hydrogens is 158 g/mol. The van der Waals surface area contributed by atoms with Crippen LogP contribution in [0.3, 0.4) is 0 Å². The summed E-state index contributed by atoms with van der Waals surface area (Å²) < 4.78 is 10.1. The van der Waals surface area contributed by atoms with E-state index in [4.69, 9.17) is 9.47 Å². The van der Waals surface area contributed by atoms with Crippen LogP contribution in [-0.2, 0) is 14.3 Å². The minimum absolute atomic E-state index is 0.130. The monoisotopic (exact) mass is 171 g/mol. The summed E-state index contributed by atoms with van der Waals surface area (Å²) in [6.07, 6.45) is 0. The number of rotatable bonds is 1. The summed E-state index contributed by atoms with van der Waals surface area (Å²) in [6, 6.07) is 0. The highest BCUT2D eigenvalue weighted by atomic mass is 16.5. The molecule has 2 aliphatic heterocycles. The van der Waals surface area contributed by atoms with Gasteiger partial charge in [0.05, 0.1) is 20.3 Å². The Morgan fingerprint density at radius 3 is 3.33 bits per heavy atom. The Bertz CT molecular complexity index is 194. The predicted octanol–water partition coefficient (Wildman–Crippen LogP) is -0.605.